The molecule has 1 aromatic carbocycles. The van der Waals surface area contributed by atoms with Gasteiger partial charge in [-0.15, -0.1) is 11.3 Å². The second-order valence-corrected chi connectivity index (χ2v) is 5.48. The third kappa shape index (κ3) is 1.91. The molecule has 0 aliphatic heterocycles. The van der Waals surface area contributed by atoms with E-state index in [9.17, 15) is 9.90 Å². The number of aromatic carboxylic acids is 1. The Morgan fingerprint density at radius 1 is 1.35 bits per heavy atom. The van der Waals surface area contributed by atoms with Gasteiger partial charge in [0.05, 0.1) is 11.4 Å². The van der Waals surface area contributed by atoms with E-state index in [1.54, 1.807) is 11.3 Å². The first-order valence-electron chi connectivity index (χ1n) is 6.41. The summed E-state index contributed by atoms with van der Waals surface area (Å²) in [5.41, 5.74) is 3.95. The number of hydrogen-bond donors (Lipinski definition) is 1. The van der Waals surface area contributed by atoms with E-state index in [2.05, 4.69) is 24.0 Å². The Bertz CT molecular complexity index is 784. The predicted molar refractivity (Wildman–Crippen MR) is 79.6 cm³/mol. The number of benzene rings is 1. The largest absolute Gasteiger partial charge is 0.477 e. The number of carbonyl (C=O) groups is 1. The van der Waals surface area contributed by atoms with Gasteiger partial charge < -0.3 is 5.11 Å². The van der Waals surface area contributed by atoms with Crippen LogP contribution in [0.15, 0.2) is 29.6 Å². The molecule has 0 unspecified atom stereocenters. The second-order valence-electron chi connectivity index (χ2n) is 4.64. The zero-order chi connectivity index (χ0) is 14.3. The molecule has 0 aliphatic rings. The van der Waals surface area contributed by atoms with Gasteiger partial charge >= 0.3 is 5.97 Å². The van der Waals surface area contributed by atoms with Crippen LogP contribution in [-0.4, -0.2) is 20.5 Å². The van der Waals surface area contributed by atoms with Crippen molar-refractivity contribution >= 4 is 22.3 Å². The minimum absolute atomic E-state index is 0.246. The molecule has 0 bridgehead atoms. The Hall–Kier alpha value is -2.14. The third-order valence-corrected chi connectivity index (χ3v) is 4.22. The number of carboxylic acid groups (broad SMARTS) is 1. The standard InChI is InChI=1S/C15H14N2O2S/c1-3-10-4-6-11(7-5-10)12-8-20-15-16-9(2)13(14(18)19)17(12)15/h4-8H,3H2,1-2H3,(H,18,19). The molecule has 0 spiro atoms. The van der Waals surface area contributed by atoms with Gasteiger partial charge in [-0.25, -0.2) is 9.78 Å². The highest BCUT2D eigenvalue weighted by Crippen LogP contribution is 2.29. The van der Waals surface area contributed by atoms with E-state index in [1.165, 1.54) is 16.9 Å². The van der Waals surface area contributed by atoms with Gasteiger partial charge in [-0.1, -0.05) is 31.2 Å². The van der Waals surface area contributed by atoms with Gasteiger partial charge in [-0.05, 0) is 24.5 Å². The molecule has 0 fully saturated rings. The summed E-state index contributed by atoms with van der Waals surface area (Å²) >= 11 is 1.46. The average Bonchev–Trinajstić information content (AvgIpc) is 2.96. The van der Waals surface area contributed by atoms with E-state index in [-0.39, 0.29) is 5.69 Å². The third-order valence-electron chi connectivity index (χ3n) is 3.40. The maximum atomic E-state index is 11.4. The van der Waals surface area contributed by atoms with Crippen LogP contribution >= 0.6 is 11.3 Å². The lowest BCUT2D eigenvalue weighted by atomic mass is 10.1. The SMILES string of the molecule is CCc1ccc(-c2csc3nc(C)c(C(=O)O)n23)cc1. The Morgan fingerprint density at radius 2 is 2.05 bits per heavy atom. The highest BCUT2D eigenvalue weighted by atomic mass is 32.1. The molecule has 4 nitrogen and oxygen atoms in total. The zero-order valence-electron chi connectivity index (χ0n) is 11.3. The van der Waals surface area contributed by atoms with Crippen LogP contribution in [-0.2, 0) is 6.42 Å². The summed E-state index contributed by atoms with van der Waals surface area (Å²) in [5, 5.41) is 11.3. The molecule has 0 amide bonds. The lowest BCUT2D eigenvalue weighted by Gasteiger charge is -2.03. The van der Waals surface area contributed by atoms with Crippen molar-refractivity contribution in [3.05, 3.63) is 46.6 Å². The molecular formula is C15H14N2O2S. The van der Waals surface area contributed by atoms with E-state index in [0.717, 1.165) is 22.6 Å². The Labute approximate surface area is 120 Å². The number of thiazole rings is 1. The Morgan fingerprint density at radius 3 is 2.65 bits per heavy atom. The zero-order valence-corrected chi connectivity index (χ0v) is 12.1. The summed E-state index contributed by atoms with van der Waals surface area (Å²) in [5.74, 6) is -0.945. The van der Waals surface area contributed by atoms with Crippen molar-refractivity contribution in [1.82, 2.24) is 9.38 Å². The van der Waals surface area contributed by atoms with Gasteiger partial charge in [0.2, 0.25) is 0 Å². The minimum atomic E-state index is -0.945. The second kappa shape index (κ2) is 4.76. The van der Waals surface area contributed by atoms with Crippen LogP contribution < -0.4 is 0 Å². The quantitative estimate of drug-likeness (QED) is 0.800. The fourth-order valence-electron chi connectivity index (χ4n) is 2.33. The van der Waals surface area contributed by atoms with Crippen molar-refractivity contribution < 1.29 is 9.90 Å². The molecular weight excluding hydrogens is 272 g/mol. The van der Waals surface area contributed by atoms with Crippen molar-refractivity contribution in [2.75, 3.05) is 0 Å². The molecule has 0 saturated heterocycles. The van der Waals surface area contributed by atoms with Crippen molar-refractivity contribution in [2.24, 2.45) is 0 Å². The Balaban J connectivity index is 2.22. The molecule has 3 aromatic rings. The number of nitrogens with zero attached hydrogens (tertiary/aromatic N) is 2. The van der Waals surface area contributed by atoms with Gasteiger partial charge in [0.1, 0.15) is 0 Å². The minimum Gasteiger partial charge on any atom is -0.477 e. The number of imidazole rings is 1. The van der Waals surface area contributed by atoms with E-state index in [4.69, 9.17) is 0 Å². The van der Waals surface area contributed by atoms with Crippen LogP contribution in [0.1, 0.15) is 28.7 Å². The first-order chi connectivity index (χ1) is 9.61. The maximum Gasteiger partial charge on any atom is 0.354 e. The first kappa shape index (κ1) is 12.9. The number of hydrogen-bond acceptors (Lipinski definition) is 3. The molecule has 0 atom stereocenters. The van der Waals surface area contributed by atoms with Crippen molar-refractivity contribution in [1.29, 1.82) is 0 Å². The van der Waals surface area contributed by atoms with Gasteiger partial charge in [0, 0.05) is 5.38 Å². The van der Waals surface area contributed by atoms with Gasteiger partial charge in [0.15, 0.2) is 10.7 Å². The topological polar surface area (TPSA) is 54.6 Å². The molecule has 2 heterocycles. The van der Waals surface area contributed by atoms with Gasteiger partial charge in [-0.2, -0.15) is 0 Å². The van der Waals surface area contributed by atoms with E-state index in [1.807, 2.05) is 17.5 Å². The number of rotatable bonds is 3. The smallest absolute Gasteiger partial charge is 0.354 e. The lowest BCUT2D eigenvalue weighted by molar-refractivity contribution is 0.0688. The van der Waals surface area contributed by atoms with E-state index >= 15 is 0 Å². The van der Waals surface area contributed by atoms with E-state index < -0.39 is 5.97 Å². The van der Waals surface area contributed by atoms with Crippen molar-refractivity contribution in [3.63, 3.8) is 0 Å². The molecule has 3 rings (SSSR count). The molecule has 0 radical (unpaired) electrons. The number of aromatic nitrogens is 2. The predicted octanol–water partition coefficient (Wildman–Crippen LogP) is 3.63. The summed E-state index contributed by atoms with van der Waals surface area (Å²) in [6, 6.07) is 8.20. The van der Waals surface area contributed by atoms with Crippen LogP contribution in [0.3, 0.4) is 0 Å². The molecule has 2 aromatic heterocycles. The van der Waals surface area contributed by atoms with Crippen LogP contribution in [0.2, 0.25) is 0 Å². The van der Waals surface area contributed by atoms with Crippen LogP contribution in [0.4, 0.5) is 0 Å². The molecule has 1 N–H and O–H groups in total. The number of aryl methyl sites for hydroxylation is 2. The number of carboxylic acids is 1. The highest BCUT2D eigenvalue weighted by Gasteiger charge is 2.19. The summed E-state index contributed by atoms with van der Waals surface area (Å²) in [4.78, 5) is 16.5. The van der Waals surface area contributed by atoms with Gasteiger partial charge in [-0.3, -0.25) is 4.40 Å². The molecule has 102 valence electrons. The summed E-state index contributed by atoms with van der Waals surface area (Å²) in [7, 11) is 0. The summed E-state index contributed by atoms with van der Waals surface area (Å²) < 4.78 is 1.73. The fourth-order valence-corrected chi connectivity index (χ4v) is 3.27. The molecule has 20 heavy (non-hydrogen) atoms. The van der Waals surface area contributed by atoms with Crippen LogP contribution in [0.25, 0.3) is 16.2 Å². The lowest BCUT2D eigenvalue weighted by Crippen LogP contribution is -2.04. The average molecular weight is 286 g/mol. The Kier molecular flexibility index (Phi) is 3.06. The van der Waals surface area contributed by atoms with Gasteiger partial charge in [0.25, 0.3) is 0 Å². The van der Waals surface area contributed by atoms with Crippen LogP contribution in [0, 0.1) is 6.92 Å². The van der Waals surface area contributed by atoms with Crippen LogP contribution in [0.5, 0.6) is 0 Å². The van der Waals surface area contributed by atoms with Crippen molar-refractivity contribution in [2.45, 2.75) is 20.3 Å². The molecule has 0 saturated carbocycles. The summed E-state index contributed by atoms with van der Waals surface area (Å²) in [6.45, 7) is 3.84. The normalized spacial score (nSPS) is 11.1. The first-order valence-corrected chi connectivity index (χ1v) is 7.29. The number of fused-ring (bicyclic) bond motifs is 1. The van der Waals surface area contributed by atoms with Crippen molar-refractivity contribution in [3.8, 4) is 11.3 Å². The van der Waals surface area contributed by atoms with E-state index in [0.29, 0.717) is 5.69 Å². The molecule has 5 heteroatoms. The molecule has 0 aliphatic carbocycles. The summed E-state index contributed by atoms with van der Waals surface area (Å²) in [6.07, 6.45) is 0.990. The highest BCUT2D eigenvalue weighted by molar-refractivity contribution is 7.15. The maximum absolute atomic E-state index is 11.4. The fraction of sp³-hybridized carbons (Fsp3) is 0.200. The monoisotopic (exact) mass is 286 g/mol.